The Morgan fingerprint density at radius 3 is 3.04 bits per heavy atom. The van der Waals surface area contributed by atoms with Crippen molar-refractivity contribution in [3.05, 3.63) is 34.4 Å². The topological polar surface area (TPSA) is 113 Å². The Bertz CT molecular complexity index is 972. The number of halogens is 2. The average molecular weight is 456 g/mol. The van der Waals surface area contributed by atoms with E-state index in [2.05, 4.69) is 41.3 Å². The zero-order chi connectivity index (χ0) is 18.3. The number of nitrogens with one attached hydrogen (secondary N) is 2. The van der Waals surface area contributed by atoms with E-state index in [1.165, 1.54) is 0 Å². The van der Waals surface area contributed by atoms with E-state index in [-0.39, 0.29) is 30.0 Å². The van der Waals surface area contributed by atoms with Gasteiger partial charge in [0.05, 0.1) is 21.2 Å². The Labute approximate surface area is 170 Å². The highest BCUT2D eigenvalue weighted by molar-refractivity contribution is 9.10. The second-order valence-electron chi connectivity index (χ2n) is 6.51. The van der Waals surface area contributed by atoms with Gasteiger partial charge in [-0.15, -0.1) is 12.4 Å². The summed E-state index contributed by atoms with van der Waals surface area (Å²) in [5, 5.41) is 7.52. The van der Waals surface area contributed by atoms with Crippen LogP contribution >= 0.6 is 28.3 Å². The average Bonchev–Trinajstić information content (AvgIpc) is 3.22. The number of aryl methyl sites for hydroxylation is 1. The molecule has 1 aliphatic heterocycles. The number of carbonyl (C=O) groups is 1. The van der Waals surface area contributed by atoms with Gasteiger partial charge in [0.1, 0.15) is 11.4 Å². The summed E-state index contributed by atoms with van der Waals surface area (Å²) < 4.78 is 5.85. The molecule has 10 heteroatoms. The first-order valence-corrected chi connectivity index (χ1v) is 9.23. The number of pyridine rings is 1. The zero-order valence-electron chi connectivity index (χ0n) is 14.7. The molecule has 144 valence electrons. The van der Waals surface area contributed by atoms with Crippen LogP contribution in [0.4, 0.5) is 11.4 Å². The fourth-order valence-electron chi connectivity index (χ4n) is 3.34. The standard InChI is InChI=1S/C17H19BrN6O2.ClH/c1-9-5-12(23-26-9)17(25)22-13-7-21-16-14(13)15(11(18)6-20-16)24-4-2-3-10(19)8-24;/h5-7,10H,2-4,8,19H2,1H3,(H,20,21)(H,22,25);1H/t10-;/m1./s1. The number of nitrogens with zero attached hydrogens (tertiary/aromatic N) is 3. The molecule has 4 heterocycles. The van der Waals surface area contributed by atoms with Crippen LogP contribution in [0.2, 0.25) is 0 Å². The van der Waals surface area contributed by atoms with Crippen molar-refractivity contribution in [1.82, 2.24) is 15.1 Å². The van der Waals surface area contributed by atoms with E-state index in [1.807, 2.05) is 0 Å². The first-order valence-electron chi connectivity index (χ1n) is 8.43. The number of anilines is 2. The van der Waals surface area contributed by atoms with Crippen LogP contribution in [0.5, 0.6) is 0 Å². The molecule has 1 aliphatic rings. The molecule has 0 unspecified atom stereocenters. The molecule has 0 saturated carbocycles. The second-order valence-corrected chi connectivity index (χ2v) is 7.36. The number of hydrogen-bond acceptors (Lipinski definition) is 6. The molecule has 0 aromatic carbocycles. The molecule has 0 radical (unpaired) electrons. The van der Waals surface area contributed by atoms with Gasteiger partial charge in [0.15, 0.2) is 5.69 Å². The van der Waals surface area contributed by atoms with Gasteiger partial charge >= 0.3 is 0 Å². The number of nitrogens with two attached hydrogens (primary N) is 1. The number of rotatable bonds is 3. The predicted octanol–water partition coefficient (Wildman–Crippen LogP) is 3.22. The van der Waals surface area contributed by atoms with E-state index in [0.29, 0.717) is 17.1 Å². The highest BCUT2D eigenvalue weighted by Crippen LogP contribution is 2.38. The fraction of sp³-hybridized carbons (Fsp3) is 0.353. The Morgan fingerprint density at radius 2 is 2.33 bits per heavy atom. The van der Waals surface area contributed by atoms with E-state index < -0.39 is 0 Å². The molecule has 1 saturated heterocycles. The monoisotopic (exact) mass is 454 g/mol. The van der Waals surface area contributed by atoms with Gasteiger partial charge in [0, 0.05) is 37.6 Å². The SMILES string of the molecule is Cc1cc(C(=O)Nc2c[nH]c3ncc(Br)c(N4CCC[C@@H](N)C4)c23)no1.Cl. The van der Waals surface area contributed by atoms with Gasteiger partial charge in [-0.1, -0.05) is 5.16 Å². The summed E-state index contributed by atoms with van der Waals surface area (Å²) in [6.07, 6.45) is 5.55. The third-order valence-corrected chi connectivity index (χ3v) is 5.09. The van der Waals surface area contributed by atoms with Gasteiger partial charge in [-0.2, -0.15) is 0 Å². The van der Waals surface area contributed by atoms with Gasteiger partial charge in [-0.3, -0.25) is 4.79 Å². The number of H-pyrrole nitrogens is 1. The van der Waals surface area contributed by atoms with Crippen LogP contribution in [0.3, 0.4) is 0 Å². The van der Waals surface area contributed by atoms with Crippen molar-refractivity contribution in [3.63, 3.8) is 0 Å². The van der Waals surface area contributed by atoms with Crippen LogP contribution in [0.15, 0.2) is 27.5 Å². The van der Waals surface area contributed by atoms with Crippen LogP contribution in [0, 0.1) is 6.92 Å². The van der Waals surface area contributed by atoms with Crippen LogP contribution < -0.4 is 16.0 Å². The Morgan fingerprint density at radius 1 is 1.52 bits per heavy atom. The predicted molar refractivity (Wildman–Crippen MR) is 110 cm³/mol. The molecule has 0 aliphatic carbocycles. The van der Waals surface area contributed by atoms with Crippen molar-refractivity contribution < 1.29 is 9.32 Å². The van der Waals surface area contributed by atoms with E-state index >= 15 is 0 Å². The lowest BCUT2D eigenvalue weighted by Crippen LogP contribution is -2.43. The lowest BCUT2D eigenvalue weighted by Gasteiger charge is -2.33. The van der Waals surface area contributed by atoms with Crippen LogP contribution in [-0.2, 0) is 0 Å². The fourth-order valence-corrected chi connectivity index (χ4v) is 3.89. The highest BCUT2D eigenvalue weighted by atomic mass is 79.9. The highest BCUT2D eigenvalue weighted by Gasteiger charge is 2.24. The van der Waals surface area contributed by atoms with Gasteiger partial charge < -0.3 is 25.5 Å². The summed E-state index contributed by atoms with van der Waals surface area (Å²) in [5.41, 5.74) is 8.73. The summed E-state index contributed by atoms with van der Waals surface area (Å²) >= 11 is 3.61. The third-order valence-electron chi connectivity index (χ3n) is 4.51. The third kappa shape index (κ3) is 3.80. The summed E-state index contributed by atoms with van der Waals surface area (Å²) in [4.78, 5) is 22.3. The number of aromatic amines is 1. The van der Waals surface area contributed by atoms with Gasteiger partial charge in [0.2, 0.25) is 0 Å². The smallest absolute Gasteiger partial charge is 0.277 e. The Kier molecular flexibility index (Phi) is 5.73. The van der Waals surface area contributed by atoms with Crippen molar-refractivity contribution in [3.8, 4) is 0 Å². The number of carbonyl (C=O) groups excluding carboxylic acids is 1. The molecule has 3 aromatic heterocycles. The minimum absolute atomic E-state index is 0. The maximum absolute atomic E-state index is 12.5. The molecule has 4 N–H and O–H groups in total. The quantitative estimate of drug-likeness (QED) is 0.559. The molecular weight excluding hydrogens is 436 g/mol. The lowest BCUT2D eigenvalue weighted by atomic mass is 10.1. The molecule has 4 rings (SSSR count). The van der Waals surface area contributed by atoms with Crippen LogP contribution in [0.25, 0.3) is 11.0 Å². The number of aromatic nitrogens is 3. The largest absolute Gasteiger partial charge is 0.368 e. The summed E-state index contributed by atoms with van der Waals surface area (Å²) in [6, 6.07) is 1.73. The number of fused-ring (bicyclic) bond motifs is 1. The van der Waals surface area contributed by atoms with E-state index in [0.717, 1.165) is 41.5 Å². The molecule has 8 nitrogen and oxygen atoms in total. The van der Waals surface area contributed by atoms with E-state index in [9.17, 15) is 4.79 Å². The van der Waals surface area contributed by atoms with Crippen molar-refractivity contribution in [2.75, 3.05) is 23.3 Å². The lowest BCUT2D eigenvalue weighted by molar-refractivity contribution is 0.101. The Hall–Kier alpha value is -2.10. The van der Waals surface area contributed by atoms with Crippen LogP contribution in [-0.4, -0.2) is 40.2 Å². The maximum atomic E-state index is 12.5. The van der Waals surface area contributed by atoms with Crippen LogP contribution in [0.1, 0.15) is 29.1 Å². The number of hydrogen-bond donors (Lipinski definition) is 3. The maximum Gasteiger partial charge on any atom is 0.277 e. The minimum atomic E-state index is -0.330. The second kappa shape index (κ2) is 7.87. The molecule has 3 aromatic rings. The van der Waals surface area contributed by atoms with Crippen molar-refractivity contribution >= 4 is 56.7 Å². The van der Waals surface area contributed by atoms with Crippen molar-refractivity contribution in [1.29, 1.82) is 0 Å². The molecule has 1 fully saturated rings. The molecule has 1 amide bonds. The van der Waals surface area contributed by atoms with E-state index in [1.54, 1.807) is 25.4 Å². The van der Waals surface area contributed by atoms with Gasteiger partial charge in [-0.05, 0) is 35.7 Å². The van der Waals surface area contributed by atoms with Gasteiger partial charge in [0.25, 0.3) is 5.91 Å². The molecule has 0 bridgehead atoms. The first kappa shape index (κ1) is 19.7. The molecule has 27 heavy (non-hydrogen) atoms. The molecular formula is C17H20BrClN6O2. The number of amides is 1. The summed E-state index contributed by atoms with van der Waals surface area (Å²) in [5.74, 6) is 0.255. The summed E-state index contributed by atoms with van der Waals surface area (Å²) in [7, 11) is 0. The Balaban J connectivity index is 0.00000210. The first-order chi connectivity index (χ1) is 12.5. The number of piperidine rings is 1. The van der Waals surface area contributed by atoms with Crippen molar-refractivity contribution in [2.45, 2.75) is 25.8 Å². The zero-order valence-corrected chi connectivity index (χ0v) is 17.1. The molecule has 1 atom stereocenters. The minimum Gasteiger partial charge on any atom is -0.368 e. The van der Waals surface area contributed by atoms with Gasteiger partial charge in [-0.25, -0.2) is 4.98 Å². The van der Waals surface area contributed by atoms with E-state index in [4.69, 9.17) is 10.3 Å². The normalized spacial score (nSPS) is 17.0. The summed E-state index contributed by atoms with van der Waals surface area (Å²) in [6.45, 7) is 3.42. The molecule has 0 spiro atoms. The van der Waals surface area contributed by atoms with Crippen molar-refractivity contribution in [2.24, 2.45) is 5.73 Å².